The van der Waals surface area contributed by atoms with E-state index >= 15 is 0 Å². The van der Waals surface area contributed by atoms with Gasteiger partial charge in [-0.3, -0.25) is 9.47 Å². The molecule has 1 aliphatic heterocycles. The van der Waals surface area contributed by atoms with Crippen molar-refractivity contribution in [2.24, 2.45) is 0 Å². The van der Waals surface area contributed by atoms with Gasteiger partial charge in [-0.15, -0.1) is 0 Å². The van der Waals surface area contributed by atoms with Crippen LogP contribution in [0.3, 0.4) is 0 Å². The predicted octanol–water partition coefficient (Wildman–Crippen LogP) is 3.85. The van der Waals surface area contributed by atoms with Crippen molar-refractivity contribution in [1.29, 1.82) is 0 Å². The molecule has 0 saturated carbocycles. The van der Waals surface area contributed by atoms with Gasteiger partial charge >= 0.3 is 28.0 Å². The van der Waals surface area contributed by atoms with E-state index in [-0.39, 0.29) is 0 Å². The average molecular weight is 331 g/mol. The van der Waals surface area contributed by atoms with E-state index < -0.39 is 28.0 Å². The fourth-order valence-corrected chi connectivity index (χ4v) is 1.46. The normalized spacial score (nSPS) is 38.5. The lowest BCUT2D eigenvalue weighted by molar-refractivity contribution is -0.372. The van der Waals surface area contributed by atoms with E-state index in [1.54, 1.807) is 0 Å². The minimum absolute atomic E-state index is 3.21. The summed E-state index contributed by atoms with van der Waals surface area (Å²) in [6.45, 7) is 0. The molecule has 0 N–H and O–H groups in total. The summed E-state index contributed by atoms with van der Waals surface area (Å²) in [6.07, 6.45) is -6.31. The summed E-state index contributed by atoms with van der Waals surface area (Å²) in [5, 5.41) is -13.2. The Balaban J connectivity index is 3.18. The fraction of sp³-hybridized carbons (Fsp3) is 1.00. The van der Waals surface area contributed by atoms with E-state index in [2.05, 4.69) is 44.3 Å². The topological polar surface area (TPSA) is 18.5 Å². The molecule has 1 rings (SSSR count). The third-order valence-corrected chi connectivity index (χ3v) is 2.72. The molecule has 0 bridgehead atoms. The number of hydrogen-bond donors (Lipinski definition) is 0. The largest absolute Gasteiger partial charge is 0.460 e. The first kappa shape index (κ1) is 15.4. The van der Waals surface area contributed by atoms with Gasteiger partial charge in [0.25, 0.3) is 0 Å². The molecule has 2 nitrogen and oxygen atoms in total. The molecule has 1 fully saturated rings. The second kappa shape index (κ2) is 3.66. The summed E-state index contributed by atoms with van der Waals surface area (Å²) in [5.41, 5.74) is 0. The standard InChI is InChI=1S/C5Cl3F7O2/c6-2(11)3(7,12)17-4(8,16-2)1(9,10)5(13,14)15/t2-,3-/m1/s1. The van der Waals surface area contributed by atoms with Gasteiger partial charge in [-0.25, -0.2) is 0 Å². The summed E-state index contributed by atoms with van der Waals surface area (Å²) in [6, 6.07) is 0. The second-order valence-electron chi connectivity index (χ2n) is 2.85. The lowest BCUT2D eigenvalue weighted by Gasteiger charge is -2.30. The molecule has 1 heterocycles. The van der Waals surface area contributed by atoms with E-state index in [0.717, 1.165) is 0 Å². The minimum atomic E-state index is -6.31. The van der Waals surface area contributed by atoms with Crippen LogP contribution in [0.1, 0.15) is 0 Å². The SMILES string of the molecule is FC(F)(F)C(F)(F)C1(Cl)O[C@@](F)(Cl)[C@](F)(Cl)O1. The molecular weight excluding hydrogens is 331 g/mol. The van der Waals surface area contributed by atoms with E-state index in [4.69, 9.17) is 0 Å². The van der Waals surface area contributed by atoms with Gasteiger partial charge in [0.1, 0.15) is 0 Å². The van der Waals surface area contributed by atoms with Crippen LogP contribution in [0.25, 0.3) is 0 Å². The van der Waals surface area contributed by atoms with Gasteiger partial charge in [0.05, 0.1) is 0 Å². The number of halogens is 10. The van der Waals surface area contributed by atoms with Crippen molar-refractivity contribution in [2.75, 3.05) is 0 Å². The number of hydrogen-bond acceptors (Lipinski definition) is 2. The molecule has 0 aromatic rings. The number of ether oxygens (including phenoxy) is 2. The second-order valence-corrected chi connectivity index (χ2v) is 4.32. The first-order chi connectivity index (χ1) is 7.16. The average Bonchev–Trinajstić information content (AvgIpc) is 2.14. The highest BCUT2D eigenvalue weighted by atomic mass is 35.5. The molecule has 0 spiro atoms. The Morgan fingerprint density at radius 3 is 1.29 bits per heavy atom. The summed E-state index contributed by atoms with van der Waals surface area (Å²) in [5.74, 6) is -5.96. The van der Waals surface area contributed by atoms with Crippen LogP contribution >= 0.6 is 34.8 Å². The zero-order valence-corrected chi connectivity index (χ0v) is 9.36. The minimum Gasteiger partial charge on any atom is -0.276 e. The van der Waals surface area contributed by atoms with Crippen LogP contribution in [0.5, 0.6) is 0 Å². The van der Waals surface area contributed by atoms with Gasteiger partial charge in [-0.05, 0) is 34.8 Å². The van der Waals surface area contributed by atoms with Crippen LogP contribution in [-0.4, -0.2) is 28.0 Å². The van der Waals surface area contributed by atoms with Crippen LogP contribution < -0.4 is 0 Å². The molecule has 2 atom stereocenters. The Kier molecular flexibility index (Phi) is 3.30. The Labute approximate surface area is 103 Å². The summed E-state index contributed by atoms with van der Waals surface area (Å²) in [4.78, 5) is 0. The van der Waals surface area contributed by atoms with Gasteiger partial charge in [-0.2, -0.15) is 30.7 Å². The lowest BCUT2D eigenvalue weighted by atomic mass is 10.3. The molecule has 0 amide bonds. The van der Waals surface area contributed by atoms with Crippen LogP contribution in [0.2, 0.25) is 0 Å². The smallest absolute Gasteiger partial charge is 0.276 e. The van der Waals surface area contributed by atoms with Crippen molar-refractivity contribution in [3.63, 3.8) is 0 Å². The summed E-state index contributed by atoms with van der Waals surface area (Å²) < 4.78 is 93.5. The first-order valence-electron chi connectivity index (χ1n) is 3.46. The van der Waals surface area contributed by atoms with Crippen molar-refractivity contribution in [2.45, 2.75) is 28.0 Å². The van der Waals surface area contributed by atoms with Gasteiger partial charge in [0.2, 0.25) is 0 Å². The number of rotatable bonds is 1. The van der Waals surface area contributed by atoms with Crippen LogP contribution in [-0.2, 0) is 9.47 Å². The molecule has 17 heavy (non-hydrogen) atoms. The monoisotopic (exact) mass is 330 g/mol. The summed E-state index contributed by atoms with van der Waals surface area (Å²) >= 11 is 13.5. The molecule has 1 aliphatic rings. The maximum absolute atomic E-state index is 12.9. The van der Waals surface area contributed by atoms with Crippen molar-refractivity contribution < 1.29 is 40.2 Å². The molecule has 0 aliphatic carbocycles. The maximum Gasteiger partial charge on any atom is 0.460 e. The first-order valence-corrected chi connectivity index (χ1v) is 4.59. The van der Waals surface area contributed by atoms with Crippen molar-refractivity contribution in [1.82, 2.24) is 0 Å². The third-order valence-electron chi connectivity index (χ3n) is 1.59. The van der Waals surface area contributed by atoms with Gasteiger partial charge in [0.15, 0.2) is 0 Å². The lowest BCUT2D eigenvalue weighted by Crippen LogP contribution is -2.55. The highest BCUT2D eigenvalue weighted by molar-refractivity contribution is 6.33. The Morgan fingerprint density at radius 1 is 0.765 bits per heavy atom. The maximum atomic E-state index is 12.9. The van der Waals surface area contributed by atoms with Crippen molar-refractivity contribution in [3.05, 3.63) is 0 Å². The summed E-state index contributed by atoms with van der Waals surface area (Å²) in [7, 11) is 0. The van der Waals surface area contributed by atoms with E-state index in [1.165, 1.54) is 0 Å². The highest BCUT2D eigenvalue weighted by Gasteiger charge is 2.82. The van der Waals surface area contributed by atoms with Crippen LogP contribution in [0, 0.1) is 0 Å². The third kappa shape index (κ3) is 2.16. The quantitative estimate of drug-likeness (QED) is 0.537. The van der Waals surface area contributed by atoms with E-state index in [0.29, 0.717) is 0 Å². The van der Waals surface area contributed by atoms with Gasteiger partial charge in [0, 0.05) is 0 Å². The Bertz CT molecular complexity index is 312. The Morgan fingerprint density at radius 2 is 1.06 bits per heavy atom. The molecule has 102 valence electrons. The van der Waals surface area contributed by atoms with Gasteiger partial charge in [-0.1, -0.05) is 0 Å². The number of alkyl halides is 10. The van der Waals surface area contributed by atoms with Crippen molar-refractivity contribution in [3.8, 4) is 0 Å². The van der Waals surface area contributed by atoms with Crippen LogP contribution in [0.15, 0.2) is 0 Å². The molecule has 0 aromatic carbocycles. The van der Waals surface area contributed by atoms with E-state index in [1.807, 2.05) is 0 Å². The fourth-order valence-electron chi connectivity index (χ4n) is 0.767. The van der Waals surface area contributed by atoms with Crippen LogP contribution in [0.4, 0.5) is 30.7 Å². The predicted molar refractivity (Wildman–Crippen MR) is 41.1 cm³/mol. The van der Waals surface area contributed by atoms with Crippen molar-refractivity contribution >= 4 is 34.8 Å². The highest BCUT2D eigenvalue weighted by Crippen LogP contribution is 2.60. The molecule has 1 saturated heterocycles. The molecule has 0 radical (unpaired) electrons. The molecular formula is C5Cl3F7O2. The molecule has 0 aromatic heterocycles. The Hall–Kier alpha value is 0.300. The zero-order valence-electron chi connectivity index (χ0n) is 7.10. The van der Waals surface area contributed by atoms with E-state index in [9.17, 15) is 30.7 Å². The molecule has 12 heteroatoms. The molecule has 0 unspecified atom stereocenters. The zero-order chi connectivity index (χ0) is 13.9. The van der Waals surface area contributed by atoms with Gasteiger partial charge < -0.3 is 0 Å².